The standard InChI is InChI=1S/C16H13N5O2S/c1-10-17-13-5-3-2-4-12(13)15(23)21(10)19-14(22)8-11-9-20-6-7-24-16(20)18-11/h2-7,9H,8H2,1H3,(H,19,22). The predicted octanol–water partition coefficient (Wildman–Crippen LogP) is 1.73. The lowest BCUT2D eigenvalue weighted by molar-refractivity contribution is -0.116. The largest absolute Gasteiger partial charge is 0.297 e. The van der Waals surface area contributed by atoms with Crippen LogP contribution in [0.1, 0.15) is 11.5 Å². The third-order valence-corrected chi connectivity index (χ3v) is 4.44. The molecule has 0 radical (unpaired) electrons. The van der Waals surface area contributed by atoms with E-state index in [1.807, 2.05) is 22.0 Å². The van der Waals surface area contributed by atoms with Crippen molar-refractivity contribution in [2.75, 3.05) is 5.43 Å². The zero-order valence-electron chi connectivity index (χ0n) is 12.8. The fraction of sp³-hybridized carbons (Fsp3) is 0.125. The van der Waals surface area contributed by atoms with Gasteiger partial charge in [0.25, 0.3) is 5.56 Å². The molecule has 4 rings (SSSR count). The van der Waals surface area contributed by atoms with Gasteiger partial charge in [-0.15, -0.1) is 11.3 Å². The number of nitrogens with zero attached hydrogens (tertiary/aromatic N) is 4. The Hall–Kier alpha value is -3.00. The Morgan fingerprint density at radius 2 is 2.12 bits per heavy atom. The molecule has 0 spiro atoms. The molecule has 0 aliphatic heterocycles. The Bertz CT molecular complexity index is 1100. The third kappa shape index (κ3) is 2.46. The maximum atomic E-state index is 12.5. The molecule has 0 bridgehead atoms. The van der Waals surface area contributed by atoms with Gasteiger partial charge in [-0.1, -0.05) is 12.1 Å². The summed E-state index contributed by atoms with van der Waals surface area (Å²) in [4.78, 5) is 34.4. The van der Waals surface area contributed by atoms with Crippen molar-refractivity contribution in [1.29, 1.82) is 0 Å². The third-order valence-electron chi connectivity index (χ3n) is 3.66. The molecule has 0 aliphatic rings. The molecule has 0 fully saturated rings. The fourth-order valence-corrected chi connectivity index (χ4v) is 3.28. The molecule has 1 N–H and O–H groups in total. The number of aryl methyl sites for hydroxylation is 1. The molecule has 7 nitrogen and oxygen atoms in total. The number of carbonyl (C=O) groups excluding carboxylic acids is 1. The highest BCUT2D eigenvalue weighted by Crippen LogP contribution is 2.12. The summed E-state index contributed by atoms with van der Waals surface area (Å²) in [5.74, 6) is 0.112. The van der Waals surface area contributed by atoms with Gasteiger partial charge in [-0.25, -0.2) is 14.6 Å². The molecule has 1 amide bonds. The van der Waals surface area contributed by atoms with E-state index in [0.717, 1.165) is 4.96 Å². The monoisotopic (exact) mass is 339 g/mol. The van der Waals surface area contributed by atoms with Crippen LogP contribution in [0.5, 0.6) is 0 Å². The molecule has 120 valence electrons. The first-order valence-corrected chi connectivity index (χ1v) is 8.19. The van der Waals surface area contributed by atoms with E-state index in [1.165, 1.54) is 16.0 Å². The minimum Gasteiger partial charge on any atom is -0.297 e. The lowest BCUT2D eigenvalue weighted by atomic mass is 10.2. The summed E-state index contributed by atoms with van der Waals surface area (Å²) < 4.78 is 3.05. The van der Waals surface area contributed by atoms with Gasteiger partial charge < -0.3 is 0 Å². The van der Waals surface area contributed by atoms with Crippen LogP contribution in [0.25, 0.3) is 15.9 Å². The molecule has 0 atom stereocenters. The van der Waals surface area contributed by atoms with Crippen LogP contribution < -0.4 is 11.0 Å². The van der Waals surface area contributed by atoms with E-state index in [4.69, 9.17) is 0 Å². The molecular formula is C16H13N5O2S. The summed E-state index contributed by atoms with van der Waals surface area (Å²) in [6.45, 7) is 1.68. The highest BCUT2D eigenvalue weighted by molar-refractivity contribution is 7.15. The van der Waals surface area contributed by atoms with Crippen LogP contribution in [0.4, 0.5) is 0 Å². The molecule has 8 heteroatoms. The number of benzene rings is 1. The maximum absolute atomic E-state index is 12.5. The van der Waals surface area contributed by atoms with Crippen molar-refractivity contribution in [2.24, 2.45) is 0 Å². The molecule has 3 heterocycles. The van der Waals surface area contributed by atoms with Gasteiger partial charge in [-0.3, -0.25) is 19.4 Å². The summed E-state index contributed by atoms with van der Waals surface area (Å²) in [7, 11) is 0. The lowest BCUT2D eigenvalue weighted by Gasteiger charge is -2.11. The topological polar surface area (TPSA) is 81.3 Å². The van der Waals surface area contributed by atoms with E-state index in [0.29, 0.717) is 22.4 Å². The second-order valence-electron chi connectivity index (χ2n) is 5.35. The van der Waals surface area contributed by atoms with Gasteiger partial charge in [0.05, 0.1) is 23.0 Å². The first-order chi connectivity index (χ1) is 11.6. The summed E-state index contributed by atoms with van der Waals surface area (Å²) in [6, 6.07) is 7.05. The fourth-order valence-electron chi connectivity index (χ4n) is 2.57. The van der Waals surface area contributed by atoms with Crippen LogP contribution in [0, 0.1) is 6.92 Å². The lowest BCUT2D eigenvalue weighted by Crippen LogP contribution is -2.36. The zero-order chi connectivity index (χ0) is 16.7. The predicted molar refractivity (Wildman–Crippen MR) is 91.9 cm³/mol. The number of hydrogen-bond donors (Lipinski definition) is 1. The number of para-hydroxylation sites is 1. The van der Waals surface area contributed by atoms with E-state index in [-0.39, 0.29) is 17.9 Å². The van der Waals surface area contributed by atoms with Gasteiger partial charge in [0.1, 0.15) is 5.82 Å². The van der Waals surface area contributed by atoms with Crippen LogP contribution in [-0.2, 0) is 11.2 Å². The van der Waals surface area contributed by atoms with Gasteiger partial charge >= 0.3 is 0 Å². The molecule has 0 saturated carbocycles. The molecular weight excluding hydrogens is 326 g/mol. The second-order valence-corrected chi connectivity index (χ2v) is 6.23. The van der Waals surface area contributed by atoms with Crippen molar-refractivity contribution in [2.45, 2.75) is 13.3 Å². The molecule has 0 saturated heterocycles. The Morgan fingerprint density at radius 3 is 2.96 bits per heavy atom. The number of imidazole rings is 1. The van der Waals surface area contributed by atoms with E-state index in [2.05, 4.69) is 15.4 Å². The average molecular weight is 339 g/mol. The zero-order valence-corrected chi connectivity index (χ0v) is 13.6. The summed E-state index contributed by atoms with van der Waals surface area (Å²) in [6.07, 6.45) is 3.78. The Morgan fingerprint density at radius 1 is 1.29 bits per heavy atom. The van der Waals surface area contributed by atoms with E-state index in [1.54, 1.807) is 31.3 Å². The van der Waals surface area contributed by atoms with Crippen LogP contribution in [-0.4, -0.2) is 25.0 Å². The Kier molecular flexibility index (Phi) is 3.39. The Labute approximate surface area is 140 Å². The minimum atomic E-state index is -0.317. The van der Waals surface area contributed by atoms with E-state index >= 15 is 0 Å². The smallest absolute Gasteiger partial charge is 0.280 e. The van der Waals surface area contributed by atoms with Crippen LogP contribution in [0.15, 0.2) is 46.8 Å². The number of aromatic nitrogens is 4. The molecule has 0 unspecified atom stereocenters. The van der Waals surface area contributed by atoms with E-state index in [9.17, 15) is 9.59 Å². The van der Waals surface area contributed by atoms with Gasteiger partial charge in [0.2, 0.25) is 5.91 Å². The van der Waals surface area contributed by atoms with Crippen molar-refractivity contribution in [3.8, 4) is 0 Å². The molecule has 4 aromatic rings. The van der Waals surface area contributed by atoms with E-state index < -0.39 is 0 Å². The highest BCUT2D eigenvalue weighted by Gasteiger charge is 2.12. The van der Waals surface area contributed by atoms with Crippen molar-refractivity contribution < 1.29 is 4.79 Å². The second kappa shape index (κ2) is 5.57. The number of fused-ring (bicyclic) bond motifs is 2. The summed E-state index contributed by atoms with van der Waals surface area (Å²) in [5, 5.41) is 2.39. The number of thiazole rings is 1. The SMILES string of the molecule is Cc1nc2ccccc2c(=O)n1NC(=O)Cc1cn2ccsc2n1. The van der Waals surface area contributed by atoms with Crippen molar-refractivity contribution >= 4 is 33.1 Å². The van der Waals surface area contributed by atoms with Gasteiger partial charge in [-0.05, 0) is 19.1 Å². The van der Waals surface area contributed by atoms with Crippen LogP contribution >= 0.6 is 11.3 Å². The van der Waals surface area contributed by atoms with Crippen molar-refractivity contribution in [3.63, 3.8) is 0 Å². The van der Waals surface area contributed by atoms with Gasteiger partial charge in [-0.2, -0.15) is 0 Å². The first-order valence-electron chi connectivity index (χ1n) is 7.31. The van der Waals surface area contributed by atoms with Crippen molar-refractivity contribution in [1.82, 2.24) is 19.0 Å². The Balaban J connectivity index is 1.62. The number of rotatable bonds is 3. The first kappa shape index (κ1) is 14.6. The molecule has 0 aliphatic carbocycles. The van der Waals surface area contributed by atoms with Crippen LogP contribution in [0.2, 0.25) is 0 Å². The normalized spacial score (nSPS) is 11.2. The molecule has 24 heavy (non-hydrogen) atoms. The number of nitrogens with one attached hydrogen (secondary N) is 1. The number of carbonyl (C=O) groups is 1. The highest BCUT2D eigenvalue weighted by atomic mass is 32.1. The minimum absolute atomic E-state index is 0.0904. The summed E-state index contributed by atoms with van der Waals surface area (Å²) >= 11 is 1.50. The molecule has 3 aromatic heterocycles. The van der Waals surface area contributed by atoms with Crippen LogP contribution in [0.3, 0.4) is 0 Å². The van der Waals surface area contributed by atoms with Gasteiger partial charge in [0.15, 0.2) is 4.96 Å². The van der Waals surface area contributed by atoms with Gasteiger partial charge in [0, 0.05) is 17.8 Å². The number of hydrogen-bond acceptors (Lipinski definition) is 5. The quantitative estimate of drug-likeness (QED) is 0.616. The molecule has 1 aromatic carbocycles. The maximum Gasteiger partial charge on any atom is 0.280 e. The summed E-state index contributed by atoms with van der Waals surface area (Å²) in [5.41, 5.74) is 3.58. The van der Waals surface area contributed by atoms with Crippen molar-refractivity contribution in [3.05, 3.63) is 63.9 Å². The average Bonchev–Trinajstić information content (AvgIpc) is 3.12. The number of amides is 1.